The van der Waals surface area contributed by atoms with Crippen molar-refractivity contribution in [3.8, 4) is 11.6 Å². The summed E-state index contributed by atoms with van der Waals surface area (Å²) in [6.45, 7) is 1.03. The van der Waals surface area contributed by atoms with Crippen molar-refractivity contribution < 1.29 is 19.0 Å². The molecule has 0 aromatic carbocycles. The third-order valence-electron chi connectivity index (χ3n) is 4.95. The Labute approximate surface area is 161 Å². The summed E-state index contributed by atoms with van der Waals surface area (Å²) in [7, 11) is 3.25. The number of nitrogens with zero attached hydrogens (tertiary/aromatic N) is 4. The molecule has 1 atom stereocenters. The lowest BCUT2D eigenvalue weighted by molar-refractivity contribution is -0.117. The van der Waals surface area contributed by atoms with Gasteiger partial charge in [-0.25, -0.2) is 9.67 Å². The number of carbonyl (C=O) groups excluding carboxylic acids is 1. The van der Waals surface area contributed by atoms with Gasteiger partial charge in [0.25, 0.3) is 0 Å². The van der Waals surface area contributed by atoms with Crippen molar-refractivity contribution in [3.63, 3.8) is 0 Å². The summed E-state index contributed by atoms with van der Waals surface area (Å²) in [6.07, 6.45) is 4.12. The van der Waals surface area contributed by atoms with Gasteiger partial charge in [-0.05, 0) is 6.07 Å². The topological polar surface area (TPSA) is 114 Å². The molecule has 9 nitrogen and oxygen atoms in total. The highest BCUT2D eigenvalue weighted by Crippen LogP contribution is 2.35. The summed E-state index contributed by atoms with van der Waals surface area (Å²) in [4.78, 5) is 20.3. The minimum absolute atomic E-state index is 0.0576. The number of ether oxygens (including phenoxy) is 3. The van der Waals surface area contributed by atoms with Crippen molar-refractivity contribution >= 4 is 16.8 Å². The quantitative estimate of drug-likeness (QED) is 0.678. The van der Waals surface area contributed by atoms with Gasteiger partial charge in [-0.3, -0.25) is 9.78 Å². The first-order valence-electron chi connectivity index (χ1n) is 8.85. The number of fused-ring (bicyclic) bond motifs is 1. The zero-order valence-corrected chi connectivity index (χ0v) is 15.7. The molecule has 1 aliphatic heterocycles. The number of aromatic nitrogens is 4. The summed E-state index contributed by atoms with van der Waals surface area (Å²) in [5.74, 6) is 0.769. The van der Waals surface area contributed by atoms with Crippen LogP contribution in [0, 0.1) is 0 Å². The van der Waals surface area contributed by atoms with Crippen LogP contribution in [0.15, 0.2) is 30.6 Å². The molecule has 3 aromatic rings. The minimum Gasteiger partial charge on any atom is -0.497 e. The Morgan fingerprint density at radius 1 is 1.32 bits per heavy atom. The van der Waals surface area contributed by atoms with Crippen LogP contribution >= 0.6 is 0 Å². The van der Waals surface area contributed by atoms with E-state index >= 15 is 0 Å². The summed E-state index contributed by atoms with van der Waals surface area (Å²) < 4.78 is 18.5. The van der Waals surface area contributed by atoms with E-state index in [1.807, 2.05) is 6.07 Å². The van der Waals surface area contributed by atoms with Gasteiger partial charge in [-0.2, -0.15) is 5.10 Å². The van der Waals surface area contributed by atoms with Gasteiger partial charge in [-0.1, -0.05) is 0 Å². The number of amides is 1. The maximum absolute atomic E-state index is 11.2. The van der Waals surface area contributed by atoms with Gasteiger partial charge in [0.05, 0.1) is 43.2 Å². The molecule has 1 saturated heterocycles. The van der Waals surface area contributed by atoms with Gasteiger partial charge < -0.3 is 19.9 Å². The van der Waals surface area contributed by atoms with Gasteiger partial charge in [0.1, 0.15) is 11.4 Å². The van der Waals surface area contributed by atoms with Crippen molar-refractivity contribution in [3.05, 3.63) is 42.0 Å². The molecule has 0 spiro atoms. The molecule has 4 rings (SSSR count). The first-order valence-corrected chi connectivity index (χ1v) is 8.85. The molecule has 1 amide bonds. The lowest BCUT2D eigenvalue weighted by atomic mass is 9.97. The highest BCUT2D eigenvalue weighted by Gasteiger charge is 2.39. The molecule has 0 saturated carbocycles. The van der Waals surface area contributed by atoms with E-state index in [1.54, 1.807) is 43.4 Å². The highest BCUT2D eigenvalue weighted by molar-refractivity contribution is 5.82. The molecule has 1 unspecified atom stereocenters. The van der Waals surface area contributed by atoms with Crippen LogP contribution in [0.4, 0.5) is 0 Å². The monoisotopic (exact) mass is 383 g/mol. The average molecular weight is 383 g/mol. The number of hydrogen-bond donors (Lipinski definition) is 1. The second kappa shape index (κ2) is 7.17. The molecule has 1 aliphatic rings. The standard InChI is InChI=1S/C19H21N5O4/c1-26-14-7-16(19(27-2)3-4-28-11-19)23-18(8-14)24-15-5-13(6-17(20)25)21-9-12(15)10-22-24/h5,7-10H,3-4,6,11H2,1-2H3,(H2,20,25). The van der Waals surface area contributed by atoms with Crippen molar-refractivity contribution in [2.75, 3.05) is 27.4 Å². The molecular weight excluding hydrogens is 362 g/mol. The lowest BCUT2D eigenvalue weighted by Gasteiger charge is -2.26. The lowest BCUT2D eigenvalue weighted by Crippen LogP contribution is -2.30. The Kier molecular flexibility index (Phi) is 4.70. The fourth-order valence-corrected chi connectivity index (χ4v) is 3.38. The van der Waals surface area contributed by atoms with E-state index in [0.29, 0.717) is 36.9 Å². The summed E-state index contributed by atoms with van der Waals surface area (Å²) >= 11 is 0. The largest absolute Gasteiger partial charge is 0.497 e. The second-order valence-electron chi connectivity index (χ2n) is 6.69. The van der Waals surface area contributed by atoms with Crippen molar-refractivity contribution in [2.45, 2.75) is 18.4 Å². The predicted molar refractivity (Wildman–Crippen MR) is 100 cm³/mol. The molecule has 0 radical (unpaired) electrons. The molecule has 4 heterocycles. The van der Waals surface area contributed by atoms with E-state index in [9.17, 15) is 4.79 Å². The Balaban J connectivity index is 1.84. The first-order chi connectivity index (χ1) is 13.5. The number of methoxy groups -OCH3 is 2. The molecule has 3 aromatic heterocycles. The van der Waals surface area contributed by atoms with Crippen LogP contribution in [0.2, 0.25) is 0 Å². The SMILES string of the molecule is COc1cc(-n2ncc3cnc(CC(N)=O)cc32)nc(C2(OC)CCOC2)c1. The fraction of sp³-hybridized carbons (Fsp3) is 0.368. The van der Waals surface area contributed by atoms with Gasteiger partial charge >= 0.3 is 0 Å². The van der Waals surface area contributed by atoms with E-state index in [2.05, 4.69) is 10.1 Å². The molecule has 9 heteroatoms. The summed E-state index contributed by atoms with van der Waals surface area (Å²) in [5, 5.41) is 5.27. The van der Waals surface area contributed by atoms with Crippen molar-refractivity contribution in [1.82, 2.24) is 19.7 Å². The van der Waals surface area contributed by atoms with Crippen molar-refractivity contribution in [2.24, 2.45) is 5.73 Å². The molecule has 28 heavy (non-hydrogen) atoms. The number of pyridine rings is 2. The molecule has 1 fully saturated rings. The maximum atomic E-state index is 11.2. The van der Waals surface area contributed by atoms with Crippen LogP contribution in [0.3, 0.4) is 0 Å². The van der Waals surface area contributed by atoms with Gasteiger partial charge in [0.2, 0.25) is 5.91 Å². The van der Waals surface area contributed by atoms with E-state index in [-0.39, 0.29) is 6.42 Å². The molecule has 2 N–H and O–H groups in total. The smallest absolute Gasteiger partial charge is 0.223 e. The maximum Gasteiger partial charge on any atom is 0.223 e. The van der Waals surface area contributed by atoms with Gasteiger partial charge in [0, 0.05) is 43.9 Å². The third kappa shape index (κ3) is 3.19. The zero-order valence-electron chi connectivity index (χ0n) is 15.7. The van der Waals surface area contributed by atoms with Crippen LogP contribution < -0.4 is 10.5 Å². The number of primary amides is 1. The van der Waals surface area contributed by atoms with Crippen LogP contribution in [0.5, 0.6) is 5.75 Å². The summed E-state index contributed by atoms with van der Waals surface area (Å²) in [6, 6.07) is 5.44. The van der Waals surface area contributed by atoms with E-state index in [0.717, 1.165) is 16.6 Å². The highest BCUT2D eigenvalue weighted by atomic mass is 16.5. The Morgan fingerprint density at radius 3 is 2.86 bits per heavy atom. The first kappa shape index (κ1) is 18.3. The van der Waals surface area contributed by atoms with Crippen LogP contribution in [-0.2, 0) is 26.3 Å². The van der Waals surface area contributed by atoms with Gasteiger partial charge in [-0.15, -0.1) is 0 Å². The zero-order chi connectivity index (χ0) is 19.7. The van der Waals surface area contributed by atoms with E-state index in [1.165, 1.54) is 0 Å². The molecule has 146 valence electrons. The third-order valence-corrected chi connectivity index (χ3v) is 4.95. The normalized spacial score (nSPS) is 19.2. The van der Waals surface area contributed by atoms with Crippen LogP contribution in [0.1, 0.15) is 17.8 Å². The number of hydrogen-bond acceptors (Lipinski definition) is 7. The summed E-state index contributed by atoms with van der Waals surface area (Å²) in [5.41, 5.74) is 6.74. The Hall–Kier alpha value is -3.04. The average Bonchev–Trinajstić information content (AvgIpc) is 3.34. The molecule has 0 aliphatic carbocycles. The van der Waals surface area contributed by atoms with E-state index in [4.69, 9.17) is 24.9 Å². The number of carbonyl (C=O) groups is 1. The predicted octanol–water partition coefficient (Wildman–Crippen LogP) is 1.11. The fourth-order valence-electron chi connectivity index (χ4n) is 3.38. The van der Waals surface area contributed by atoms with Gasteiger partial charge in [0.15, 0.2) is 5.82 Å². The molecule has 0 bridgehead atoms. The second-order valence-corrected chi connectivity index (χ2v) is 6.69. The number of nitrogens with two attached hydrogens (primary N) is 1. The van der Waals surface area contributed by atoms with Crippen LogP contribution in [-0.4, -0.2) is 53.1 Å². The van der Waals surface area contributed by atoms with Crippen LogP contribution in [0.25, 0.3) is 16.7 Å². The number of rotatable bonds is 6. The Morgan fingerprint density at radius 2 is 2.18 bits per heavy atom. The molecular formula is C19H21N5O4. The Bertz CT molecular complexity index is 1030. The van der Waals surface area contributed by atoms with Crippen molar-refractivity contribution in [1.29, 1.82) is 0 Å². The van der Waals surface area contributed by atoms with E-state index < -0.39 is 11.5 Å². The minimum atomic E-state index is -0.620.